The Morgan fingerprint density at radius 1 is 1.40 bits per heavy atom. The third-order valence-electron chi connectivity index (χ3n) is 2.27. The molecule has 2 nitrogen and oxygen atoms in total. The van der Waals surface area contributed by atoms with E-state index >= 15 is 0 Å². The first-order chi connectivity index (χ1) is 7.19. The number of hydrogen-bond donors (Lipinski definition) is 1. The highest BCUT2D eigenvalue weighted by Crippen LogP contribution is 2.28. The molecule has 15 heavy (non-hydrogen) atoms. The van der Waals surface area contributed by atoms with Gasteiger partial charge in [-0.3, -0.25) is 0 Å². The lowest BCUT2D eigenvalue weighted by Crippen LogP contribution is -2.17. The maximum Gasteiger partial charge on any atom is 0.133 e. The zero-order chi connectivity index (χ0) is 11.3. The Morgan fingerprint density at radius 2 is 2.13 bits per heavy atom. The van der Waals surface area contributed by atoms with E-state index in [0.717, 1.165) is 16.8 Å². The van der Waals surface area contributed by atoms with Crippen molar-refractivity contribution in [2.75, 3.05) is 13.2 Å². The van der Waals surface area contributed by atoms with E-state index in [0.29, 0.717) is 12.6 Å². The van der Waals surface area contributed by atoms with Gasteiger partial charge in [0.25, 0.3) is 0 Å². The van der Waals surface area contributed by atoms with Crippen molar-refractivity contribution in [3.8, 4) is 5.75 Å². The molecule has 1 unspecified atom stereocenters. The van der Waals surface area contributed by atoms with E-state index in [4.69, 9.17) is 4.74 Å². The van der Waals surface area contributed by atoms with E-state index in [1.807, 2.05) is 13.0 Å². The van der Waals surface area contributed by atoms with Crippen LogP contribution in [0.4, 0.5) is 0 Å². The molecule has 0 fully saturated rings. The third-order valence-corrected chi connectivity index (χ3v) is 2.89. The summed E-state index contributed by atoms with van der Waals surface area (Å²) in [6.45, 7) is 7.93. The van der Waals surface area contributed by atoms with Gasteiger partial charge in [0.05, 0.1) is 11.1 Å². The summed E-state index contributed by atoms with van der Waals surface area (Å²) in [6.07, 6.45) is 0. The van der Waals surface area contributed by atoms with E-state index in [9.17, 15) is 0 Å². The second-order valence-corrected chi connectivity index (χ2v) is 4.26. The van der Waals surface area contributed by atoms with Crippen LogP contribution in [-0.4, -0.2) is 13.2 Å². The molecule has 0 amide bonds. The van der Waals surface area contributed by atoms with Crippen LogP contribution in [-0.2, 0) is 0 Å². The molecule has 3 heteroatoms. The van der Waals surface area contributed by atoms with Gasteiger partial charge in [-0.05, 0) is 54.0 Å². The summed E-state index contributed by atoms with van der Waals surface area (Å²) < 4.78 is 6.48. The fourth-order valence-corrected chi connectivity index (χ4v) is 1.99. The van der Waals surface area contributed by atoms with Gasteiger partial charge in [-0.25, -0.2) is 0 Å². The molecule has 84 valence electrons. The van der Waals surface area contributed by atoms with Crippen molar-refractivity contribution in [2.24, 2.45) is 0 Å². The Kier molecular flexibility index (Phi) is 5.12. The Balaban J connectivity index is 2.81. The molecule has 0 saturated carbocycles. The van der Waals surface area contributed by atoms with Crippen molar-refractivity contribution < 1.29 is 4.74 Å². The SMILES string of the molecule is CCNC(C)c1ccc(OCC)c(Br)c1. The van der Waals surface area contributed by atoms with Gasteiger partial charge in [0.1, 0.15) is 5.75 Å². The predicted octanol–water partition coefficient (Wildman–Crippen LogP) is 3.52. The number of benzene rings is 1. The number of nitrogens with one attached hydrogen (secondary N) is 1. The first kappa shape index (κ1) is 12.5. The predicted molar refractivity (Wildman–Crippen MR) is 67.4 cm³/mol. The third kappa shape index (κ3) is 3.50. The van der Waals surface area contributed by atoms with Crippen molar-refractivity contribution in [2.45, 2.75) is 26.8 Å². The molecule has 1 aromatic rings. The summed E-state index contributed by atoms with van der Waals surface area (Å²) in [4.78, 5) is 0. The van der Waals surface area contributed by atoms with Gasteiger partial charge in [-0.1, -0.05) is 13.0 Å². The first-order valence-corrected chi connectivity index (χ1v) is 6.14. The van der Waals surface area contributed by atoms with E-state index in [-0.39, 0.29) is 0 Å². The van der Waals surface area contributed by atoms with Gasteiger partial charge in [0.15, 0.2) is 0 Å². The highest BCUT2D eigenvalue weighted by molar-refractivity contribution is 9.10. The minimum absolute atomic E-state index is 0.377. The number of rotatable bonds is 5. The largest absolute Gasteiger partial charge is 0.493 e. The normalized spacial score (nSPS) is 12.5. The summed E-state index contributed by atoms with van der Waals surface area (Å²) in [6, 6.07) is 6.60. The standard InChI is InChI=1S/C12H18BrNO/c1-4-14-9(3)10-6-7-12(15-5-2)11(13)8-10/h6-9,14H,4-5H2,1-3H3. The summed E-state index contributed by atoms with van der Waals surface area (Å²) in [7, 11) is 0. The van der Waals surface area contributed by atoms with Crippen molar-refractivity contribution in [1.29, 1.82) is 0 Å². The lowest BCUT2D eigenvalue weighted by atomic mass is 10.1. The van der Waals surface area contributed by atoms with Crippen LogP contribution in [0.5, 0.6) is 5.75 Å². The van der Waals surface area contributed by atoms with Gasteiger partial charge in [-0.2, -0.15) is 0 Å². The Bertz CT molecular complexity index is 314. The fraction of sp³-hybridized carbons (Fsp3) is 0.500. The molecule has 0 radical (unpaired) electrons. The van der Waals surface area contributed by atoms with Gasteiger partial charge in [0, 0.05) is 6.04 Å². The fourth-order valence-electron chi connectivity index (χ4n) is 1.48. The molecular formula is C12H18BrNO. The molecule has 0 aromatic heterocycles. The van der Waals surface area contributed by atoms with Crippen molar-refractivity contribution >= 4 is 15.9 Å². The molecule has 0 spiro atoms. The number of ether oxygens (including phenoxy) is 1. The topological polar surface area (TPSA) is 21.3 Å². The molecule has 1 atom stereocenters. The highest BCUT2D eigenvalue weighted by atomic mass is 79.9. The van der Waals surface area contributed by atoms with Crippen LogP contribution in [0.1, 0.15) is 32.4 Å². The molecular weight excluding hydrogens is 254 g/mol. The monoisotopic (exact) mass is 271 g/mol. The van der Waals surface area contributed by atoms with Gasteiger partial charge < -0.3 is 10.1 Å². The zero-order valence-corrected chi connectivity index (χ0v) is 11.1. The molecule has 0 saturated heterocycles. The molecule has 0 aliphatic heterocycles. The smallest absolute Gasteiger partial charge is 0.133 e. The summed E-state index contributed by atoms with van der Waals surface area (Å²) in [5.41, 5.74) is 1.27. The van der Waals surface area contributed by atoms with E-state index in [1.165, 1.54) is 5.56 Å². The average molecular weight is 272 g/mol. The van der Waals surface area contributed by atoms with Crippen molar-refractivity contribution in [1.82, 2.24) is 5.32 Å². The Labute approximate surface area is 100 Å². The second-order valence-electron chi connectivity index (χ2n) is 3.40. The van der Waals surface area contributed by atoms with Crippen LogP contribution in [0.25, 0.3) is 0 Å². The van der Waals surface area contributed by atoms with Crippen LogP contribution >= 0.6 is 15.9 Å². The molecule has 0 heterocycles. The van der Waals surface area contributed by atoms with E-state index < -0.39 is 0 Å². The van der Waals surface area contributed by atoms with Crippen LogP contribution in [0.3, 0.4) is 0 Å². The number of hydrogen-bond acceptors (Lipinski definition) is 2. The van der Waals surface area contributed by atoms with Crippen molar-refractivity contribution in [3.63, 3.8) is 0 Å². The maximum absolute atomic E-state index is 5.46. The van der Waals surface area contributed by atoms with E-state index in [1.54, 1.807) is 0 Å². The first-order valence-electron chi connectivity index (χ1n) is 5.34. The van der Waals surface area contributed by atoms with Gasteiger partial charge >= 0.3 is 0 Å². The summed E-state index contributed by atoms with van der Waals surface area (Å²) in [5.74, 6) is 0.907. The summed E-state index contributed by atoms with van der Waals surface area (Å²) in [5, 5.41) is 3.38. The molecule has 1 N–H and O–H groups in total. The van der Waals surface area contributed by atoms with Gasteiger partial charge in [0.2, 0.25) is 0 Å². The molecule has 0 aliphatic rings. The molecule has 1 rings (SSSR count). The van der Waals surface area contributed by atoms with Crippen molar-refractivity contribution in [3.05, 3.63) is 28.2 Å². The minimum Gasteiger partial charge on any atom is -0.493 e. The highest BCUT2D eigenvalue weighted by Gasteiger charge is 2.07. The molecule has 0 bridgehead atoms. The number of halogens is 1. The maximum atomic E-state index is 5.46. The molecule has 1 aromatic carbocycles. The quantitative estimate of drug-likeness (QED) is 0.885. The average Bonchev–Trinajstić information content (AvgIpc) is 2.21. The Morgan fingerprint density at radius 3 is 2.67 bits per heavy atom. The van der Waals surface area contributed by atoms with Crippen LogP contribution in [0.2, 0.25) is 0 Å². The van der Waals surface area contributed by atoms with E-state index in [2.05, 4.69) is 47.2 Å². The van der Waals surface area contributed by atoms with Crippen LogP contribution in [0, 0.1) is 0 Å². The lowest BCUT2D eigenvalue weighted by Gasteiger charge is -2.14. The Hall–Kier alpha value is -0.540. The minimum atomic E-state index is 0.377. The summed E-state index contributed by atoms with van der Waals surface area (Å²) >= 11 is 3.51. The second kappa shape index (κ2) is 6.13. The lowest BCUT2D eigenvalue weighted by molar-refractivity contribution is 0.338. The van der Waals surface area contributed by atoms with Gasteiger partial charge in [-0.15, -0.1) is 0 Å². The zero-order valence-electron chi connectivity index (χ0n) is 9.51. The van der Waals surface area contributed by atoms with Crippen LogP contribution < -0.4 is 10.1 Å². The van der Waals surface area contributed by atoms with Crippen LogP contribution in [0.15, 0.2) is 22.7 Å². The molecule has 0 aliphatic carbocycles.